The second-order valence-electron chi connectivity index (χ2n) is 11.5. The third-order valence-corrected chi connectivity index (χ3v) is 9.37. The van der Waals surface area contributed by atoms with Crippen molar-refractivity contribution >= 4 is 36.8 Å². The van der Waals surface area contributed by atoms with E-state index in [0.29, 0.717) is 41.4 Å². The summed E-state index contributed by atoms with van der Waals surface area (Å²) >= 11 is 1.44. The number of ether oxygens (including phenoxy) is 2. The van der Waals surface area contributed by atoms with Crippen LogP contribution in [0.15, 0.2) is 70.9 Å². The van der Waals surface area contributed by atoms with Gasteiger partial charge in [0.1, 0.15) is 35.4 Å². The number of aromatic nitrogens is 3. The minimum atomic E-state index is -2.33. The minimum absolute atomic E-state index is 0.0588. The Morgan fingerprint density at radius 1 is 1.11 bits per heavy atom. The first-order valence-electron chi connectivity index (χ1n) is 14.8. The fourth-order valence-corrected chi connectivity index (χ4v) is 7.31. The molecule has 0 bridgehead atoms. The molecule has 1 atom stereocenters. The molecule has 0 fully saturated rings. The highest BCUT2D eigenvalue weighted by Crippen LogP contribution is 2.47. The summed E-state index contributed by atoms with van der Waals surface area (Å²) in [5.74, 6) is -1.45. The van der Waals surface area contributed by atoms with Crippen molar-refractivity contribution in [3.05, 3.63) is 83.9 Å². The van der Waals surface area contributed by atoms with Crippen molar-refractivity contribution in [3.8, 4) is 39.5 Å². The average Bonchev–Trinajstić information content (AvgIpc) is 3.64. The lowest BCUT2D eigenvalue weighted by molar-refractivity contribution is 0.146. The highest BCUT2D eigenvalue weighted by molar-refractivity contribution is 7.92. The zero-order chi connectivity index (χ0) is 32.6. The molecule has 4 heterocycles. The number of pyridine rings is 1. The maximum absolute atomic E-state index is 16.0. The van der Waals surface area contributed by atoms with Gasteiger partial charge in [0, 0.05) is 81.8 Å². The first kappa shape index (κ1) is 32.0. The maximum Gasteiger partial charge on any atom is 0.137 e. The number of benzene rings is 2. The standard InChI is InChI=1S/C34H35F2N5O3S2/c1-6-12-40-20-25-18-28(38-41(25)19-21(40)2)33-31(30-27(36)16-23(35)17-29(30)44-14-13-43-3)34-26(11-15-45-34)32(37-33)22-7-9-24(10-8-22)39-46(4,5)42/h6-11,15-18,21H,1,12-14,19-20H2,2-5H3. The number of rotatable bonds is 10. The second kappa shape index (κ2) is 13.0. The molecule has 1 aliphatic heterocycles. The number of methoxy groups -OCH3 is 1. The van der Waals surface area contributed by atoms with E-state index in [1.54, 1.807) is 12.5 Å². The molecule has 2 aromatic carbocycles. The van der Waals surface area contributed by atoms with E-state index in [2.05, 4.69) is 22.8 Å². The molecular weight excluding hydrogens is 629 g/mol. The van der Waals surface area contributed by atoms with Gasteiger partial charge < -0.3 is 9.47 Å². The number of thiophene rings is 1. The summed E-state index contributed by atoms with van der Waals surface area (Å²) in [5, 5.41) is 7.71. The van der Waals surface area contributed by atoms with E-state index in [9.17, 15) is 8.60 Å². The Bertz CT molecular complexity index is 2040. The second-order valence-corrected chi connectivity index (χ2v) is 15.0. The van der Waals surface area contributed by atoms with Crippen LogP contribution in [-0.2, 0) is 27.6 Å². The van der Waals surface area contributed by atoms with Crippen LogP contribution in [0.2, 0.25) is 0 Å². The Balaban J connectivity index is 1.60. The van der Waals surface area contributed by atoms with Crippen LogP contribution < -0.4 is 4.74 Å². The monoisotopic (exact) mass is 663 g/mol. The summed E-state index contributed by atoms with van der Waals surface area (Å²) in [6.45, 7) is 8.49. The third kappa shape index (κ3) is 6.48. The van der Waals surface area contributed by atoms with Crippen molar-refractivity contribution in [2.75, 3.05) is 39.4 Å². The van der Waals surface area contributed by atoms with Gasteiger partial charge >= 0.3 is 0 Å². The molecule has 0 saturated carbocycles. The highest BCUT2D eigenvalue weighted by Gasteiger charge is 2.29. The van der Waals surface area contributed by atoms with Gasteiger partial charge in [-0.25, -0.2) is 18.0 Å². The summed E-state index contributed by atoms with van der Waals surface area (Å²) in [5.41, 5.74) is 4.70. The predicted molar refractivity (Wildman–Crippen MR) is 181 cm³/mol. The lowest BCUT2D eigenvalue weighted by Crippen LogP contribution is -2.41. The van der Waals surface area contributed by atoms with Crippen LogP contribution in [0.4, 0.5) is 14.5 Å². The molecular formula is C34H35F2N5O3S2. The lowest BCUT2D eigenvalue weighted by atomic mass is 9.96. The number of fused-ring (bicyclic) bond motifs is 2. The molecule has 0 aliphatic carbocycles. The maximum atomic E-state index is 16.0. The van der Waals surface area contributed by atoms with Gasteiger partial charge in [-0.05, 0) is 36.6 Å². The highest BCUT2D eigenvalue weighted by atomic mass is 32.2. The summed E-state index contributed by atoms with van der Waals surface area (Å²) in [6, 6.07) is 13.6. The van der Waals surface area contributed by atoms with Gasteiger partial charge in [-0.15, -0.1) is 17.9 Å². The quantitative estimate of drug-likeness (QED) is 0.113. The number of nitrogens with zero attached hydrogens (tertiary/aromatic N) is 5. The van der Waals surface area contributed by atoms with E-state index in [1.165, 1.54) is 24.5 Å². The molecule has 240 valence electrons. The SMILES string of the molecule is C=CCN1Cc2cc(-c3nc(-c4ccc(N=S(C)(C)=O)cc4)c4ccsc4c3-c3c(F)cc(F)cc3OCCOC)nn2CC1C. The minimum Gasteiger partial charge on any atom is -0.490 e. The molecule has 0 radical (unpaired) electrons. The fourth-order valence-electron chi connectivity index (χ4n) is 5.73. The van der Waals surface area contributed by atoms with Gasteiger partial charge in [0.2, 0.25) is 0 Å². The van der Waals surface area contributed by atoms with Crippen molar-refractivity contribution in [3.63, 3.8) is 0 Å². The third-order valence-electron chi connectivity index (χ3n) is 7.78. The van der Waals surface area contributed by atoms with Crippen LogP contribution in [-0.4, -0.2) is 69.3 Å². The Hall–Kier alpha value is -3.97. The van der Waals surface area contributed by atoms with E-state index >= 15 is 4.39 Å². The first-order valence-corrected chi connectivity index (χ1v) is 18.0. The van der Waals surface area contributed by atoms with Crippen LogP contribution in [0, 0.1) is 11.6 Å². The van der Waals surface area contributed by atoms with E-state index in [1.807, 2.05) is 52.5 Å². The van der Waals surface area contributed by atoms with Crippen LogP contribution in [0.3, 0.4) is 0 Å². The molecule has 0 spiro atoms. The predicted octanol–water partition coefficient (Wildman–Crippen LogP) is 7.55. The van der Waals surface area contributed by atoms with Gasteiger partial charge in [-0.1, -0.05) is 18.2 Å². The Labute approximate surface area is 271 Å². The normalized spacial score (nSPS) is 15.2. The van der Waals surface area contributed by atoms with E-state index in [4.69, 9.17) is 19.6 Å². The van der Waals surface area contributed by atoms with Crippen molar-refractivity contribution in [1.29, 1.82) is 0 Å². The van der Waals surface area contributed by atoms with Crippen molar-refractivity contribution < 1.29 is 22.5 Å². The Morgan fingerprint density at radius 3 is 2.61 bits per heavy atom. The van der Waals surface area contributed by atoms with Crippen LogP contribution in [0.1, 0.15) is 12.6 Å². The Kier molecular flexibility index (Phi) is 9.06. The molecule has 1 aliphatic rings. The van der Waals surface area contributed by atoms with Crippen molar-refractivity contribution in [2.45, 2.75) is 26.1 Å². The van der Waals surface area contributed by atoms with Crippen LogP contribution in [0.25, 0.3) is 43.9 Å². The van der Waals surface area contributed by atoms with Crippen molar-refractivity contribution in [2.24, 2.45) is 4.36 Å². The zero-order valence-corrected chi connectivity index (χ0v) is 27.8. The van der Waals surface area contributed by atoms with E-state index in [-0.39, 0.29) is 30.6 Å². The molecule has 1 unspecified atom stereocenters. The molecule has 46 heavy (non-hydrogen) atoms. The average molecular weight is 664 g/mol. The molecule has 5 aromatic rings. The van der Waals surface area contributed by atoms with Crippen molar-refractivity contribution in [1.82, 2.24) is 19.7 Å². The molecule has 0 amide bonds. The molecule has 12 heteroatoms. The number of hydrogen-bond acceptors (Lipinski definition) is 8. The van der Waals surface area contributed by atoms with Crippen LogP contribution in [0.5, 0.6) is 5.75 Å². The number of halogens is 2. The van der Waals surface area contributed by atoms with Gasteiger partial charge in [-0.2, -0.15) is 9.46 Å². The summed E-state index contributed by atoms with van der Waals surface area (Å²) in [6.07, 6.45) is 5.07. The lowest BCUT2D eigenvalue weighted by Gasteiger charge is -2.32. The van der Waals surface area contributed by atoms with E-state index < -0.39 is 21.4 Å². The fraction of sp³-hybridized carbons (Fsp3) is 0.294. The first-order chi connectivity index (χ1) is 22.1. The molecule has 0 N–H and O–H groups in total. The summed E-state index contributed by atoms with van der Waals surface area (Å²) < 4.78 is 61.0. The topological polar surface area (TPSA) is 81.8 Å². The zero-order valence-electron chi connectivity index (χ0n) is 26.1. The molecule has 6 rings (SSSR count). The summed E-state index contributed by atoms with van der Waals surface area (Å²) in [7, 11) is -0.798. The largest absolute Gasteiger partial charge is 0.490 e. The Morgan fingerprint density at radius 2 is 1.89 bits per heavy atom. The molecule has 8 nitrogen and oxygen atoms in total. The smallest absolute Gasteiger partial charge is 0.137 e. The van der Waals surface area contributed by atoms with Gasteiger partial charge in [0.05, 0.1) is 35.8 Å². The van der Waals surface area contributed by atoms with E-state index in [0.717, 1.165) is 34.0 Å². The molecule has 0 saturated heterocycles. The number of hydrogen-bond donors (Lipinski definition) is 0. The van der Waals surface area contributed by atoms with Gasteiger partial charge in [0.15, 0.2) is 0 Å². The van der Waals surface area contributed by atoms with Gasteiger partial charge in [0.25, 0.3) is 0 Å². The van der Waals surface area contributed by atoms with Crippen LogP contribution >= 0.6 is 11.3 Å². The van der Waals surface area contributed by atoms with Gasteiger partial charge in [-0.3, -0.25) is 9.58 Å². The molecule has 3 aromatic heterocycles. The summed E-state index contributed by atoms with van der Waals surface area (Å²) in [4.78, 5) is 7.50.